The fourth-order valence-corrected chi connectivity index (χ4v) is 2.43. The molecule has 1 aliphatic rings. The minimum Gasteiger partial charge on any atom is -0.351 e. The number of imidazole rings is 1. The molecule has 3 heterocycles. The van der Waals surface area contributed by atoms with Crippen LogP contribution in [0, 0.1) is 0 Å². The Morgan fingerprint density at radius 3 is 2.86 bits per heavy atom. The van der Waals surface area contributed by atoms with Gasteiger partial charge >= 0.3 is 0 Å². The third-order valence-electron chi connectivity index (χ3n) is 3.70. The van der Waals surface area contributed by atoms with Gasteiger partial charge in [0.15, 0.2) is 0 Å². The smallest absolute Gasteiger partial charge is 0.252 e. The fourth-order valence-electron chi connectivity index (χ4n) is 2.43. The largest absolute Gasteiger partial charge is 0.351 e. The van der Waals surface area contributed by atoms with Crippen LogP contribution < -0.4 is 10.6 Å². The predicted octanol–water partition coefficient (Wildman–Crippen LogP) is -0.0977. The molecule has 0 bridgehead atoms. The van der Waals surface area contributed by atoms with E-state index in [1.165, 1.54) is 0 Å². The summed E-state index contributed by atoms with van der Waals surface area (Å²) in [7, 11) is 0. The number of nitrogens with zero attached hydrogens (tertiary/aromatic N) is 4. The van der Waals surface area contributed by atoms with E-state index in [-0.39, 0.29) is 5.91 Å². The number of hydrogen-bond acceptors (Lipinski definition) is 5. The Hall–Kier alpha value is -2.25. The quantitative estimate of drug-likeness (QED) is 0.807. The second-order valence-corrected chi connectivity index (χ2v) is 5.22. The highest BCUT2D eigenvalue weighted by atomic mass is 16.1. The summed E-state index contributed by atoms with van der Waals surface area (Å²) in [6.45, 7) is 5.66. The van der Waals surface area contributed by atoms with Crippen LogP contribution in [-0.4, -0.2) is 64.6 Å². The molecule has 22 heavy (non-hydrogen) atoms. The van der Waals surface area contributed by atoms with Gasteiger partial charge < -0.3 is 10.6 Å². The van der Waals surface area contributed by atoms with Gasteiger partial charge in [-0.2, -0.15) is 0 Å². The Labute approximate surface area is 129 Å². The number of hydrogen-bond donors (Lipinski definition) is 2. The van der Waals surface area contributed by atoms with Crippen LogP contribution in [0.4, 0.5) is 0 Å². The molecule has 116 valence electrons. The average Bonchev–Trinajstić information content (AvgIpc) is 3.10. The van der Waals surface area contributed by atoms with Crippen molar-refractivity contribution >= 4 is 5.91 Å². The third-order valence-corrected chi connectivity index (χ3v) is 3.70. The number of pyridine rings is 1. The molecule has 2 aromatic heterocycles. The lowest BCUT2D eigenvalue weighted by atomic mass is 10.2. The van der Waals surface area contributed by atoms with Gasteiger partial charge in [-0.3, -0.25) is 14.3 Å². The summed E-state index contributed by atoms with van der Waals surface area (Å²) in [4.78, 5) is 22.7. The van der Waals surface area contributed by atoms with E-state index in [1.807, 2.05) is 12.3 Å². The predicted molar refractivity (Wildman–Crippen MR) is 83.0 cm³/mol. The standard InChI is InChI=1S/C15H20N6O/c22-15(18-6-9-20-7-3-16-4-8-20)13-1-2-14(19-11-13)21-10-5-17-12-21/h1-2,5,10-12,16H,3-4,6-9H2,(H,18,22). The van der Waals surface area contributed by atoms with Gasteiger partial charge in [-0.05, 0) is 12.1 Å². The lowest BCUT2D eigenvalue weighted by Gasteiger charge is -2.27. The van der Waals surface area contributed by atoms with Crippen molar-refractivity contribution in [3.63, 3.8) is 0 Å². The molecular weight excluding hydrogens is 280 g/mol. The molecule has 0 aliphatic carbocycles. The van der Waals surface area contributed by atoms with Gasteiger partial charge in [-0.1, -0.05) is 0 Å². The molecule has 0 atom stereocenters. The maximum absolute atomic E-state index is 12.1. The highest BCUT2D eigenvalue weighted by Gasteiger charge is 2.10. The molecule has 0 unspecified atom stereocenters. The number of amides is 1. The molecule has 1 fully saturated rings. The zero-order valence-electron chi connectivity index (χ0n) is 12.4. The summed E-state index contributed by atoms with van der Waals surface area (Å²) in [5, 5.41) is 6.25. The number of piperazine rings is 1. The summed E-state index contributed by atoms with van der Waals surface area (Å²) < 4.78 is 1.80. The summed E-state index contributed by atoms with van der Waals surface area (Å²) in [6, 6.07) is 3.59. The zero-order valence-corrected chi connectivity index (χ0v) is 12.4. The molecule has 0 spiro atoms. The molecule has 0 aromatic carbocycles. The van der Waals surface area contributed by atoms with Crippen LogP contribution >= 0.6 is 0 Å². The lowest BCUT2D eigenvalue weighted by Crippen LogP contribution is -2.46. The molecule has 0 saturated carbocycles. The molecule has 1 saturated heterocycles. The Kier molecular flexibility index (Phi) is 4.77. The summed E-state index contributed by atoms with van der Waals surface area (Å²) in [5.74, 6) is 0.662. The van der Waals surface area contributed by atoms with Crippen molar-refractivity contribution in [2.75, 3.05) is 39.3 Å². The van der Waals surface area contributed by atoms with E-state index in [0.717, 1.165) is 38.5 Å². The Morgan fingerprint density at radius 2 is 2.18 bits per heavy atom. The number of aromatic nitrogens is 3. The van der Waals surface area contributed by atoms with Crippen molar-refractivity contribution in [2.24, 2.45) is 0 Å². The molecule has 7 nitrogen and oxygen atoms in total. The van der Waals surface area contributed by atoms with Crippen molar-refractivity contribution in [3.8, 4) is 5.82 Å². The molecular formula is C15H20N6O. The van der Waals surface area contributed by atoms with E-state index in [9.17, 15) is 4.79 Å². The van der Waals surface area contributed by atoms with Crippen molar-refractivity contribution in [1.29, 1.82) is 0 Å². The van der Waals surface area contributed by atoms with Gasteiger partial charge in [0.05, 0.1) is 5.56 Å². The van der Waals surface area contributed by atoms with Gasteiger partial charge in [0, 0.05) is 57.9 Å². The minimum atomic E-state index is -0.0835. The van der Waals surface area contributed by atoms with Gasteiger partial charge in [0.25, 0.3) is 5.91 Å². The molecule has 1 amide bonds. The van der Waals surface area contributed by atoms with E-state index in [2.05, 4.69) is 25.5 Å². The van der Waals surface area contributed by atoms with Crippen molar-refractivity contribution in [1.82, 2.24) is 30.1 Å². The molecule has 0 radical (unpaired) electrons. The number of rotatable bonds is 5. The second-order valence-electron chi connectivity index (χ2n) is 5.22. The van der Waals surface area contributed by atoms with Crippen molar-refractivity contribution in [2.45, 2.75) is 0 Å². The first-order valence-corrected chi connectivity index (χ1v) is 7.48. The third kappa shape index (κ3) is 3.69. The summed E-state index contributed by atoms with van der Waals surface area (Å²) in [5.41, 5.74) is 0.573. The zero-order chi connectivity index (χ0) is 15.2. The molecule has 2 N–H and O–H groups in total. The van der Waals surface area contributed by atoms with Gasteiger partial charge in [-0.15, -0.1) is 0 Å². The van der Waals surface area contributed by atoms with Crippen molar-refractivity contribution in [3.05, 3.63) is 42.6 Å². The minimum absolute atomic E-state index is 0.0835. The lowest BCUT2D eigenvalue weighted by molar-refractivity contribution is 0.0947. The van der Waals surface area contributed by atoms with Gasteiger partial charge in [0.1, 0.15) is 12.1 Å². The van der Waals surface area contributed by atoms with E-state index < -0.39 is 0 Å². The van der Waals surface area contributed by atoms with E-state index in [1.54, 1.807) is 29.4 Å². The van der Waals surface area contributed by atoms with Gasteiger partial charge in [-0.25, -0.2) is 9.97 Å². The Balaban J connectivity index is 1.49. The Bertz CT molecular complexity index is 589. The van der Waals surface area contributed by atoms with Crippen LogP contribution in [0.5, 0.6) is 0 Å². The first-order valence-electron chi connectivity index (χ1n) is 7.48. The maximum atomic E-state index is 12.1. The van der Waals surface area contributed by atoms with Crippen LogP contribution in [0.25, 0.3) is 5.82 Å². The number of carbonyl (C=O) groups excluding carboxylic acids is 1. The van der Waals surface area contributed by atoms with E-state index in [4.69, 9.17) is 0 Å². The molecule has 2 aromatic rings. The maximum Gasteiger partial charge on any atom is 0.252 e. The van der Waals surface area contributed by atoms with Gasteiger partial charge in [0.2, 0.25) is 0 Å². The molecule has 3 rings (SSSR count). The number of carbonyl (C=O) groups is 1. The second kappa shape index (κ2) is 7.15. The molecule has 1 aliphatic heterocycles. The monoisotopic (exact) mass is 300 g/mol. The average molecular weight is 300 g/mol. The summed E-state index contributed by atoms with van der Waals surface area (Å²) in [6.07, 6.45) is 6.78. The highest BCUT2D eigenvalue weighted by Crippen LogP contribution is 2.05. The SMILES string of the molecule is O=C(NCCN1CCNCC1)c1ccc(-n2ccnc2)nc1. The van der Waals surface area contributed by atoms with Crippen LogP contribution in [0.2, 0.25) is 0 Å². The van der Waals surface area contributed by atoms with E-state index >= 15 is 0 Å². The van der Waals surface area contributed by atoms with Crippen molar-refractivity contribution < 1.29 is 4.79 Å². The van der Waals surface area contributed by atoms with Crippen LogP contribution in [-0.2, 0) is 0 Å². The molecule has 7 heteroatoms. The van der Waals surface area contributed by atoms with Crippen LogP contribution in [0.15, 0.2) is 37.1 Å². The highest BCUT2D eigenvalue weighted by molar-refractivity contribution is 5.93. The first kappa shape index (κ1) is 14.7. The normalized spacial score (nSPS) is 15.6. The first-order chi connectivity index (χ1) is 10.8. The Morgan fingerprint density at radius 1 is 1.32 bits per heavy atom. The fraction of sp³-hybridized carbons (Fsp3) is 0.400. The summed E-state index contributed by atoms with van der Waals surface area (Å²) >= 11 is 0. The van der Waals surface area contributed by atoms with Crippen LogP contribution in [0.3, 0.4) is 0 Å². The topological polar surface area (TPSA) is 75.1 Å². The van der Waals surface area contributed by atoms with E-state index in [0.29, 0.717) is 12.1 Å². The number of nitrogens with one attached hydrogen (secondary N) is 2. The van der Waals surface area contributed by atoms with Crippen LogP contribution in [0.1, 0.15) is 10.4 Å².